The molecule has 1 aromatic rings. The van der Waals surface area contributed by atoms with Crippen LogP contribution in [0.3, 0.4) is 0 Å². The Hall–Kier alpha value is -1.86. The molecule has 0 aliphatic carbocycles. The Morgan fingerprint density at radius 3 is 2.62 bits per heavy atom. The molecule has 0 aliphatic heterocycles. The Balaban J connectivity index is 2.50. The molecule has 0 radical (unpaired) electrons. The number of nitrogens with two attached hydrogens (primary N) is 1. The van der Waals surface area contributed by atoms with E-state index in [2.05, 4.69) is 6.07 Å². The second-order valence-electron chi connectivity index (χ2n) is 5.13. The summed E-state index contributed by atoms with van der Waals surface area (Å²) in [6, 6.07) is 9.63. The van der Waals surface area contributed by atoms with Crippen LogP contribution in [0.5, 0.6) is 0 Å². The summed E-state index contributed by atoms with van der Waals surface area (Å²) in [5.74, 6) is 0.165. The molecule has 0 fully saturated rings. The van der Waals surface area contributed by atoms with Gasteiger partial charge in [-0.05, 0) is 37.9 Å². The summed E-state index contributed by atoms with van der Waals surface area (Å²) in [5, 5.41) is 9.10. The molecule has 2 N–H and O–H groups in total. The second-order valence-corrected chi connectivity index (χ2v) is 5.13. The molecule has 0 saturated heterocycles. The minimum atomic E-state index is 0.165. The van der Waals surface area contributed by atoms with Crippen molar-refractivity contribution in [2.75, 3.05) is 13.1 Å². The molecule has 4 heteroatoms. The van der Waals surface area contributed by atoms with Crippen LogP contribution in [0, 0.1) is 11.3 Å². The summed E-state index contributed by atoms with van der Waals surface area (Å²) in [6.07, 6.45) is 4.66. The van der Waals surface area contributed by atoms with Gasteiger partial charge in [-0.3, -0.25) is 4.79 Å². The molecular weight excluding hydrogens is 262 g/mol. The summed E-state index contributed by atoms with van der Waals surface area (Å²) >= 11 is 0. The first-order valence-corrected chi connectivity index (χ1v) is 7.68. The smallest absolute Gasteiger partial charge is 0.222 e. The fourth-order valence-electron chi connectivity index (χ4n) is 2.28. The van der Waals surface area contributed by atoms with E-state index in [1.54, 1.807) is 6.07 Å². The molecule has 0 aliphatic rings. The average molecular weight is 287 g/mol. The fraction of sp³-hybridized carbons (Fsp3) is 0.529. The molecule has 21 heavy (non-hydrogen) atoms. The highest BCUT2D eigenvalue weighted by atomic mass is 16.2. The summed E-state index contributed by atoms with van der Waals surface area (Å²) in [7, 11) is 0. The van der Waals surface area contributed by atoms with Gasteiger partial charge < -0.3 is 10.6 Å². The Morgan fingerprint density at radius 2 is 1.95 bits per heavy atom. The highest BCUT2D eigenvalue weighted by Crippen LogP contribution is 2.13. The third kappa shape index (κ3) is 5.97. The van der Waals surface area contributed by atoms with Gasteiger partial charge in [0.25, 0.3) is 0 Å². The summed E-state index contributed by atoms with van der Waals surface area (Å²) < 4.78 is 0. The quantitative estimate of drug-likeness (QED) is 0.710. The maximum Gasteiger partial charge on any atom is 0.222 e. The van der Waals surface area contributed by atoms with Crippen molar-refractivity contribution in [3.8, 4) is 6.07 Å². The summed E-state index contributed by atoms with van der Waals surface area (Å²) in [6.45, 7) is 3.88. The van der Waals surface area contributed by atoms with E-state index in [1.165, 1.54) is 0 Å². The second kappa shape index (κ2) is 9.95. The van der Waals surface area contributed by atoms with E-state index < -0.39 is 0 Å². The monoisotopic (exact) mass is 287 g/mol. The molecule has 1 amide bonds. The zero-order chi connectivity index (χ0) is 15.5. The summed E-state index contributed by atoms with van der Waals surface area (Å²) in [4.78, 5) is 14.0. The van der Waals surface area contributed by atoms with E-state index in [1.807, 2.05) is 30.0 Å². The number of carbonyl (C=O) groups is 1. The average Bonchev–Trinajstić information content (AvgIpc) is 2.52. The number of nitrogens with zero attached hydrogens (tertiary/aromatic N) is 2. The van der Waals surface area contributed by atoms with Gasteiger partial charge in [-0.2, -0.15) is 5.26 Å². The van der Waals surface area contributed by atoms with Crippen molar-refractivity contribution in [3.63, 3.8) is 0 Å². The first-order valence-electron chi connectivity index (χ1n) is 7.68. The van der Waals surface area contributed by atoms with Crippen molar-refractivity contribution in [1.82, 2.24) is 4.90 Å². The normalized spacial score (nSPS) is 10.1. The van der Waals surface area contributed by atoms with Crippen molar-refractivity contribution in [2.24, 2.45) is 5.73 Å². The lowest BCUT2D eigenvalue weighted by atomic mass is 10.1. The third-order valence-electron chi connectivity index (χ3n) is 3.58. The largest absolute Gasteiger partial charge is 0.339 e. The SMILES string of the molecule is CCN(Cc1ccccc1C#N)C(=O)CCCCCCN. The zero-order valence-electron chi connectivity index (χ0n) is 12.8. The van der Waals surface area contributed by atoms with Gasteiger partial charge in [-0.1, -0.05) is 31.0 Å². The Morgan fingerprint density at radius 1 is 1.24 bits per heavy atom. The maximum atomic E-state index is 12.2. The van der Waals surface area contributed by atoms with Gasteiger partial charge in [0, 0.05) is 19.5 Å². The Kier molecular flexibility index (Phi) is 8.15. The molecular formula is C17H25N3O. The molecule has 0 unspecified atom stereocenters. The lowest BCUT2D eigenvalue weighted by molar-refractivity contribution is -0.131. The van der Waals surface area contributed by atoms with Gasteiger partial charge >= 0.3 is 0 Å². The van der Waals surface area contributed by atoms with Crippen LogP contribution >= 0.6 is 0 Å². The zero-order valence-corrected chi connectivity index (χ0v) is 12.8. The highest BCUT2D eigenvalue weighted by molar-refractivity contribution is 5.76. The standard InChI is InChI=1S/C17H25N3O/c1-2-20(17(21)11-5-3-4-8-12-18)14-16-10-7-6-9-15(16)13-19/h6-7,9-10H,2-5,8,11-12,14,18H2,1H3. The minimum Gasteiger partial charge on any atom is -0.339 e. The van der Waals surface area contributed by atoms with Crippen molar-refractivity contribution in [2.45, 2.75) is 45.6 Å². The summed E-state index contributed by atoms with van der Waals surface area (Å²) in [5.41, 5.74) is 7.01. The van der Waals surface area contributed by atoms with Crippen molar-refractivity contribution < 1.29 is 4.79 Å². The Labute approximate surface area is 127 Å². The molecule has 0 spiro atoms. The van der Waals surface area contributed by atoms with Crippen molar-refractivity contribution in [1.29, 1.82) is 5.26 Å². The van der Waals surface area contributed by atoms with Crippen LogP contribution in [0.25, 0.3) is 0 Å². The van der Waals surface area contributed by atoms with E-state index in [4.69, 9.17) is 11.0 Å². The number of unbranched alkanes of at least 4 members (excludes halogenated alkanes) is 3. The van der Waals surface area contributed by atoms with E-state index >= 15 is 0 Å². The highest BCUT2D eigenvalue weighted by Gasteiger charge is 2.13. The number of amides is 1. The lowest BCUT2D eigenvalue weighted by Crippen LogP contribution is -2.30. The number of benzene rings is 1. The van der Waals surface area contributed by atoms with Crippen LogP contribution < -0.4 is 5.73 Å². The van der Waals surface area contributed by atoms with E-state index in [0.29, 0.717) is 25.1 Å². The molecule has 0 heterocycles. The lowest BCUT2D eigenvalue weighted by Gasteiger charge is -2.21. The number of hydrogen-bond acceptors (Lipinski definition) is 3. The van der Waals surface area contributed by atoms with Crippen LogP contribution in [-0.2, 0) is 11.3 Å². The first kappa shape index (κ1) is 17.2. The van der Waals surface area contributed by atoms with Crippen LogP contribution in [-0.4, -0.2) is 23.9 Å². The first-order chi connectivity index (χ1) is 10.2. The minimum absolute atomic E-state index is 0.165. The van der Waals surface area contributed by atoms with Crippen molar-refractivity contribution >= 4 is 5.91 Å². The predicted molar refractivity (Wildman–Crippen MR) is 84.4 cm³/mol. The van der Waals surface area contributed by atoms with Gasteiger partial charge in [-0.25, -0.2) is 0 Å². The number of carbonyl (C=O) groups excluding carboxylic acids is 1. The van der Waals surface area contributed by atoms with Crippen LogP contribution in [0.4, 0.5) is 0 Å². The molecule has 4 nitrogen and oxygen atoms in total. The number of rotatable bonds is 9. The molecule has 1 rings (SSSR count). The van der Waals surface area contributed by atoms with Gasteiger partial charge in [0.1, 0.15) is 0 Å². The third-order valence-corrected chi connectivity index (χ3v) is 3.58. The maximum absolute atomic E-state index is 12.2. The predicted octanol–water partition coefficient (Wildman–Crippen LogP) is 2.82. The molecule has 0 saturated carbocycles. The van der Waals surface area contributed by atoms with E-state index in [-0.39, 0.29) is 5.91 Å². The number of nitriles is 1. The molecule has 114 valence electrons. The van der Waals surface area contributed by atoms with Crippen LogP contribution in [0.15, 0.2) is 24.3 Å². The van der Waals surface area contributed by atoms with Crippen LogP contribution in [0.1, 0.15) is 50.2 Å². The molecule has 0 bridgehead atoms. The molecule has 0 aromatic heterocycles. The van der Waals surface area contributed by atoms with Gasteiger partial charge in [0.15, 0.2) is 0 Å². The van der Waals surface area contributed by atoms with Crippen molar-refractivity contribution in [3.05, 3.63) is 35.4 Å². The van der Waals surface area contributed by atoms with Gasteiger partial charge in [-0.15, -0.1) is 0 Å². The van der Waals surface area contributed by atoms with Gasteiger partial charge in [0.05, 0.1) is 11.6 Å². The van der Waals surface area contributed by atoms with E-state index in [0.717, 1.165) is 37.8 Å². The molecule has 1 aromatic carbocycles. The van der Waals surface area contributed by atoms with Gasteiger partial charge in [0.2, 0.25) is 5.91 Å². The van der Waals surface area contributed by atoms with Crippen LogP contribution in [0.2, 0.25) is 0 Å². The number of hydrogen-bond donors (Lipinski definition) is 1. The topological polar surface area (TPSA) is 70.1 Å². The fourth-order valence-corrected chi connectivity index (χ4v) is 2.28. The van der Waals surface area contributed by atoms with E-state index in [9.17, 15) is 4.79 Å². The Bertz CT molecular complexity index is 479. The molecule has 0 atom stereocenters.